The Morgan fingerprint density at radius 2 is 2.19 bits per heavy atom. The number of rotatable bonds is 8. The van der Waals surface area contributed by atoms with Gasteiger partial charge >= 0.3 is 0 Å². The molecule has 7 nitrogen and oxygen atoms in total. The van der Waals surface area contributed by atoms with Crippen LogP contribution in [-0.4, -0.2) is 24.7 Å². The monoisotopic (exact) mass is 312 g/mol. The molecule has 0 aliphatic carbocycles. The third kappa shape index (κ3) is 4.16. The Hall–Kier alpha value is -1.64. The van der Waals surface area contributed by atoms with Gasteiger partial charge < -0.3 is 14.4 Å². The number of nitrogens with one attached hydrogen (secondary N) is 2. The van der Waals surface area contributed by atoms with E-state index >= 15 is 0 Å². The van der Waals surface area contributed by atoms with Crippen molar-refractivity contribution in [1.29, 1.82) is 0 Å². The van der Waals surface area contributed by atoms with Crippen LogP contribution in [0.2, 0.25) is 0 Å². The Bertz CT molecular complexity index is 662. The standard InChI is InChI=1S/C13H20N4O3S/c1-3-5-14-8-11-7-13(10-17(11)2)21(18,19)16-9-12-4-6-15-20-12/h4,6-7,10,14,16H,3,5,8-9H2,1-2H3. The molecule has 116 valence electrons. The van der Waals surface area contributed by atoms with Crippen molar-refractivity contribution in [3.8, 4) is 0 Å². The summed E-state index contributed by atoms with van der Waals surface area (Å²) in [6.07, 6.45) is 4.11. The Morgan fingerprint density at radius 1 is 1.38 bits per heavy atom. The Labute approximate surface area is 124 Å². The van der Waals surface area contributed by atoms with E-state index in [9.17, 15) is 8.42 Å². The molecule has 0 aliphatic heterocycles. The smallest absolute Gasteiger partial charge is 0.242 e. The zero-order chi connectivity index (χ0) is 15.3. The topological polar surface area (TPSA) is 89.2 Å². The van der Waals surface area contributed by atoms with Gasteiger partial charge in [-0.15, -0.1) is 0 Å². The van der Waals surface area contributed by atoms with Crippen LogP contribution in [-0.2, 0) is 30.2 Å². The number of nitrogens with zero attached hydrogens (tertiary/aromatic N) is 2. The van der Waals surface area contributed by atoms with E-state index in [1.165, 1.54) is 6.20 Å². The SMILES string of the molecule is CCCNCc1cc(S(=O)(=O)NCc2ccno2)cn1C. The lowest BCUT2D eigenvalue weighted by atomic mass is 10.4. The van der Waals surface area contributed by atoms with Gasteiger partial charge in [-0.05, 0) is 19.0 Å². The Kier molecular flexibility index (Phi) is 5.16. The minimum Gasteiger partial charge on any atom is -0.360 e. The zero-order valence-electron chi connectivity index (χ0n) is 12.2. The maximum absolute atomic E-state index is 12.2. The fraction of sp³-hybridized carbons (Fsp3) is 0.462. The highest BCUT2D eigenvalue weighted by molar-refractivity contribution is 7.89. The summed E-state index contributed by atoms with van der Waals surface area (Å²) in [6.45, 7) is 3.71. The van der Waals surface area contributed by atoms with E-state index in [1.807, 2.05) is 11.6 Å². The molecule has 0 atom stereocenters. The molecule has 0 aromatic carbocycles. The Morgan fingerprint density at radius 3 is 2.86 bits per heavy atom. The van der Waals surface area contributed by atoms with Crippen molar-refractivity contribution in [3.63, 3.8) is 0 Å². The lowest BCUT2D eigenvalue weighted by molar-refractivity contribution is 0.380. The second kappa shape index (κ2) is 6.88. The predicted molar refractivity (Wildman–Crippen MR) is 77.9 cm³/mol. The second-order valence-corrected chi connectivity index (χ2v) is 6.53. The van der Waals surface area contributed by atoms with Gasteiger partial charge in [0.05, 0.1) is 17.6 Å². The molecule has 0 spiro atoms. The molecule has 0 aliphatic rings. The molecule has 0 unspecified atom stereocenters. The van der Waals surface area contributed by atoms with Crippen LogP contribution < -0.4 is 10.0 Å². The van der Waals surface area contributed by atoms with Crippen molar-refractivity contribution < 1.29 is 12.9 Å². The van der Waals surface area contributed by atoms with Gasteiger partial charge in [0.1, 0.15) is 0 Å². The Balaban J connectivity index is 2.04. The highest BCUT2D eigenvalue weighted by Crippen LogP contribution is 2.14. The molecule has 2 aromatic rings. The summed E-state index contributed by atoms with van der Waals surface area (Å²) in [4.78, 5) is 0.248. The molecular formula is C13H20N4O3S. The normalized spacial score (nSPS) is 11.9. The van der Waals surface area contributed by atoms with E-state index in [-0.39, 0.29) is 11.4 Å². The second-order valence-electron chi connectivity index (χ2n) is 4.76. The molecule has 2 heterocycles. The third-order valence-electron chi connectivity index (χ3n) is 3.05. The number of hydrogen-bond donors (Lipinski definition) is 2. The molecule has 0 amide bonds. The maximum atomic E-state index is 12.2. The van der Waals surface area contributed by atoms with Gasteiger partial charge in [0, 0.05) is 31.5 Å². The molecule has 2 N–H and O–H groups in total. The molecular weight excluding hydrogens is 292 g/mol. The number of aryl methyl sites for hydroxylation is 1. The first-order valence-corrected chi connectivity index (χ1v) is 8.26. The summed E-state index contributed by atoms with van der Waals surface area (Å²) < 4.78 is 33.6. The van der Waals surface area contributed by atoms with Gasteiger partial charge in [0.25, 0.3) is 0 Å². The van der Waals surface area contributed by atoms with Gasteiger partial charge in [-0.2, -0.15) is 0 Å². The van der Waals surface area contributed by atoms with Gasteiger partial charge in [-0.1, -0.05) is 12.1 Å². The molecule has 0 saturated carbocycles. The summed E-state index contributed by atoms with van der Waals surface area (Å²) >= 11 is 0. The largest absolute Gasteiger partial charge is 0.360 e. The summed E-state index contributed by atoms with van der Waals surface area (Å²) in [6, 6.07) is 3.29. The van der Waals surface area contributed by atoms with Crippen LogP contribution in [0.1, 0.15) is 24.8 Å². The number of hydrogen-bond acceptors (Lipinski definition) is 5. The molecule has 21 heavy (non-hydrogen) atoms. The summed E-state index contributed by atoms with van der Waals surface area (Å²) in [5.41, 5.74) is 0.920. The first kappa shape index (κ1) is 15.7. The maximum Gasteiger partial charge on any atom is 0.242 e. The summed E-state index contributed by atoms with van der Waals surface area (Å²) in [5, 5.41) is 6.79. The van der Waals surface area contributed by atoms with E-state index in [4.69, 9.17) is 4.52 Å². The van der Waals surface area contributed by atoms with E-state index in [0.29, 0.717) is 12.3 Å². The molecule has 0 saturated heterocycles. The highest BCUT2D eigenvalue weighted by Gasteiger charge is 2.17. The third-order valence-corrected chi connectivity index (χ3v) is 4.42. The van der Waals surface area contributed by atoms with Crippen LogP contribution in [0, 0.1) is 0 Å². The van der Waals surface area contributed by atoms with E-state index in [2.05, 4.69) is 22.1 Å². The van der Waals surface area contributed by atoms with Crippen LogP contribution in [0.25, 0.3) is 0 Å². The quantitative estimate of drug-likeness (QED) is 0.710. The van der Waals surface area contributed by atoms with Crippen LogP contribution in [0.3, 0.4) is 0 Å². The van der Waals surface area contributed by atoms with Gasteiger partial charge in [0.15, 0.2) is 5.76 Å². The van der Waals surface area contributed by atoms with E-state index < -0.39 is 10.0 Å². The lowest BCUT2D eigenvalue weighted by Crippen LogP contribution is -2.22. The first-order chi connectivity index (χ1) is 10.0. The predicted octanol–water partition coefficient (Wildman–Crippen LogP) is 0.991. The summed E-state index contributed by atoms with van der Waals surface area (Å²) in [5.74, 6) is 0.472. The van der Waals surface area contributed by atoms with Crippen molar-refractivity contribution in [2.75, 3.05) is 6.54 Å². The molecule has 0 fully saturated rings. The zero-order valence-corrected chi connectivity index (χ0v) is 13.0. The average Bonchev–Trinajstić information content (AvgIpc) is 3.07. The van der Waals surface area contributed by atoms with Gasteiger partial charge in [0.2, 0.25) is 10.0 Å². The van der Waals surface area contributed by atoms with Crippen LogP contribution in [0.4, 0.5) is 0 Å². The number of sulfonamides is 1. The van der Waals surface area contributed by atoms with Crippen molar-refractivity contribution in [2.45, 2.75) is 31.3 Å². The minimum absolute atomic E-state index is 0.0840. The lowest BCUT2D eigenvalue weighted by Gasteiger charge is -2.03. The van der Waals surface area contributed by atoms with Crippen LogP contribution in [0.15, 0.2) is 33.9 Å². The number of aromatic nitrogens is 2. The molecule has 0 bridgehead atoms. The fourth-order valence-electron chi connectivity index (χ4n) is 1.88. The molecule has 2 rings (SSSR count). The van der Waals surface area contributed by atoms with Gasteiger partial charge in [-0.3, -0.25) is 0 Å². The van der Waals surface area contributed by atoms with Crippen molar-refractivity contribution in [3.05, 3.63) is 36.0 Å². The average molecular weight is 312 g/mol. The highest BCUT2D eigenvalue weighted by atomic mass is 32.2. The van der Waals surface area contributed by atoms with E-state index in [0.717, 1.165) is 18.7 Å². The molecule has 2 aromatic heterocycles. The van der Waals surface area contributed by atoms with Crippen LogP contribution >= 0.6 is 0 Å². The fourth-order valence-corrected chi connectivity index (χ4v) is 2.96. The molecule has 8 heteroatoms. The van der Waals surface area contributed by atoms with Crippen molar-refractivity contribution in [2.24, 2.45) is 7.05 Å². The minimum atomic E-state index is -3.56. The van der Waals surface area contributed by atoms with Gasteiger partial charge in [-0.25, -0.2) is 13.1 Å². The summed E-state index contributed by atoms with van der Waals surface area (Å²) in [7, 11) is -1.72. The first-order valence-electron chi connectivity index (χ1n) is 6.78. The van der Waals surface area contributed by atoms with Crippen LogP contribution in [0.5, 0.6) is 0 Å². The van der Waals surface area contributed by atoms with E-state index in [1.54, 1.807) is 18.3 Å². The molecule has 0 radical (unpaired) electrons. The van der Waals surface area contributed by atoms with Crippen molar-refractivity contribution >= 4 is 10.0 Å². The van der Waals surface area contributed by atoms with Crippen molar-refractivity contribution in [1.82, 2.24) is 19.8 Å².